The van der Waals surface area contributed by atoms with Crippen LogP contribution in [0.1, 0.15) is 38.0 Å². The third-order valence-electron chi connectivity index (χ3n) is 4.04. The fourth-order valence-electron chi connectivity index (χ4n) is 3.01. The normalized spacial score (nSPS) is 13.0. The maximum Gasteiger partial charge on any atom is 0.131 e. The van der Waals surface area contributed by atoms with E-state index >= 15 is 0 Å². The minimum Gasteiger partial charge on any atom is -0.496 e. The van der Waals surface area contributed by atoms with Gasteiger partial charge in [0, 0.05) is 12.7 Å². The van der Waals surface area contributed by atoms with Crippen LogP contribution in [-0.2, 0) is 4.74 Å². The van der Waals surface area contributed by atoms with Gasteiger partial charge in [-0.05, 0) is 47.2 Å². The van der Waals surface area contributed by atoms with Gasteiger partial charge in [-0.25, -0.2) is 4.39 Å². The molecule has 0 saturated heterocycles. The summed E-state index contributed by atoms with van der Waals surface area (Å²) in [5.74, 6) is 0.499. The van der Waals surface area contributed by atoms with E-state index in [-0.39, 0.29) is 17.3 Å². The average Bonchev–Trinajstić information content (AvgIpc) is 2.48. The molecule has 1 unspecified atom stereocenters. The lowest BCUT2D eigenvalue weighted by Gasteiger charge is -2.32. The largest absolute Gasteiger partial charge is 0.496 e. The summed E-state index contributed by atoms with van der Waals surface area (Å²) in [6, 6.07) is 10.7. The third kappa shape index (κ3) is 3.56. The Bertz CT molecular complexity index is 687. The molecule has 1 atom stereocenters. The molecule has 0 bridgehead atoms. The zero-order valence-corrected chi connectivity index (χ0v) is 14.7. The van der Waals surface area contributed by atoms with Crippen molar-refractivity contribution >= 4 is 0 Å². The van der Waals surface area contributed by atoms with Gasteiger partial charge in [-0.1, -0.05) is 39.0 Å². The van der Waals surface area contributed by atoms with Crippen LogP contribution in [0.2, 0.25) is 0 Å². The number of halogens is 1. The SMILES string of the molecule is COc1cc(-c2ccccc2F)c(C(OC)C(C)(C)C)cc1C. The van der Waals surface area contributed by atoms with E-state index in [1.165, 1.54) is 6.07 Å². The molecule has 0 aliphatic rings. The van der Waals surface area contributed by atoms with E-state index in [0.29, 0.717) is 5.56 Å². The van der Waals surface area contributed by atoms with Gasteiger partial charge in [-0.15, -0.1) is 0 Å². The second-order valence-corrected chi connectivity index (χ2v) is 6.87. The highest BCUT2D eigenvalue weighted by atomic mass is 19.1. The molecule has 124 valence electrons. The molecule has 0 fully saturated rings. The van der Waals surface area contributed by atoms with Gasteiger partial charge in [0.15, 0.2) is 0 Å². The molecule has 2 aromatic rings. The smallest absolute Gasteiger partial charge is 0.131 e. The van der Waals surface area contributed by atoms with Crippen molar-refractivity contribution in [3.8, 4) is 16.9 Å². The van der Waals surface area contributed by atoms with Crippen molar-refractivity contribution in [3.05, 3.63) is 53.3 Å². The maximum absolute atomic E-state index is 14.4. The van der Waals surface area contributed by atoms with Crippen LogP contribution in [-0.4, -0.2) is 14.2 Å². The highest BCUT2D eigenvalue weighted by molar-refractivity contribution is 5.71. The molecule has 2 aromatic carbocycles. The summed E-state index contributed by atoms with van der Waals surface area (Å²) in [6.45, 7) is 8.34. The number of ether oxygens (including phenoxy) is 2. The van der Waals surface area contributed by atoms with Crippen LogP contribution in [0.3, 0.4) is 0 Å². The van der Waals surface area contributed by atoms with Gasteiger partial charge in [-0.3, -0.25) is 0 Å². The zero-order valence-electron chi connectivity index (χ0n) is 14.7. The second-order valence-electron chi connectivity index (χ2n) is 6.87. The van der Waals surface area contributed by atoms with Crippen molar-refractivity contribution in [3.63, 3.8) is 0 Å². The lowest BCUT2D eigenvalue weighted by atomic mass is 9.81. The van der Waals surface area contributed by atoms with Crippen molar-refractivity contribution in [1.82, 2.24) is 0 Å². The first-order valence-electron chi connectivity index (χ1n) is 7.75. The van der Waals surface area contributed by atoms with Crippen LogP contribution in [0.25, 0.3) is 11.1 Å². The van der Waals surface area contributed by atoms with E-state index in [1.807, 2.05) is 25.1 Å². The molecule has 0 saturated carbocycles. The molecule has 0 radical (unpaired) electrons. The maximum atomic E-state index is 14.4. The first-order valence-corrected chi connectivity index (χ1v) is 7.75. The molecule has 0 amide bonds. The van der Waals surface area contributed by atoms with E-state index in [1.54, 1.807) is 26.4 Å². The summed E-state index contributed by atoms with van der Waals surface area (Å²) in [7, 11) is 3.32. The Morgan fingerprint density at radius 2 is 1.65 bits per heavy atom. The fraction of sp³-hybridized carbons (Fsp3) is 0.400. The van der Waals surface area contributed by atoms with Crippen LogP contribution in [0.15, 0.2) is 36.4 Å². The summed E-state index contributed by atoms with van der Waals surface area (Å²) < 4.78 is 25.6. The number of hydrogen-bond donors (Lipinski definition) is 0. The molecule has 0 aliphatic heterocycles. The van der Waals surface area contributed by atoms with Gasteiger partial charge in [0.05, 0.1) is 13.2 Å². The van der Waals surface area contributed by atoms with E-state index in [9.17, 15) is 4.39 Å². The van der Waals surface area contributed by atoms with E-state index in [4.69, 9.17) is 9.47 Å². The van der Waals surface area contributed by atoms with Crippen molar-refractivity contribution in [2.24, 2.45) is 5.41 Å². The number of aryl methyl sites for hydroxylation is 1. The van der Waals surface area contributed by atoms with Gasteiger partial charge in [0.25, 0.3) is 0 Å². The molecule has 23 heavy (non-hydrogen) atoms. The van der Waals surface area contributed by atoms with Crippen molar-refractivity contribution in [2.75, 3.05) is 14.2 Å². The molecule has 0 aromatic heterocycles. The number of hydrogen-bond acceptors (Lipinski definition) is 2. The van der Waals surface area contributed by atoms with Crippen molar-refractivity contribution in [2.45, 2.75) is 33.8 Å². The molecule has 2 rings (SSSR count). The molecule has 0 aliphatic carbocycles. The molecule has 0 N–H and O–H groups in total. The highest BCUT2D eigenvalue weighted by Crippen LogP contribution is 2.43. The molecule has 3 heteroatoms. The summed E-state index contributed by atoms with van der Waals surface area (Å²) in [4.78, 5) is 0. The zero-order chi connectivity index (χ0) is 17.2. The summed E-state index contributed by atoms with van der Waals surface area (Å²) in [5.41, 5.74) is 3.24. The summed E-state index contributed by atoms with van der Waals surface area (Å²) in [6.07, 6.45) is -0.151. The molecule has 0 spiro atoms. The average molecular weight is 316 g/mol. The molecular weight excluding hydrogens is 291 g/mol. The second kappa shape index (κ2) is 6.71. The Kier molecular flexibility index (Phi) is 5.10. The first-order chi connectivity index (χ1) is 10.8. The van der Waals surface area contributed by atoms with Crippen LogP contribution in [0.5, 0.6) is 5.75 Å². The fourth-order valence-corrected chi connectivity index (χ4v) is 3.01. The number of benzene rings is 2. The standard InChI is InChI=1S/C20H25FO2/c1-13-11-16(19(23-6)20(2,3)4)15(12-18(13)22-5)14-9-7-8-10-17(14)21/h7-12,19H,1-6H3. The number of methoxy groups -OCH3 is 2. The van der Waals surface area contributed by atoms with E-state index < -0.39 is 0 Å². The molecule has 2 nitrogen and oxygen atoms in total. The Morgan fingerprint density at radius 1 is 1.00 bits per heavy atom. The highest BCUT2D eigenvalue weighted by Gasteiger charge is 2.29. The Morgan fingerprint density at radius 3 is 2.17 bits per heavy atom. The Balaban J connectivity index is 2.75. The van der Waals surface area contributed by atoms with Gasteiger partial charge < -0.3 is 9.47 Å². The third-order valence-corrected chi connectivity index (χ3v) is 4.04. The lowest BCUT2D eigenvalue weighted by Crippen LogP contribution is -2.21. The van der Waals surface area contributed by atoms with Crippen LogP contribution >= 0.6 is 0 Å². The van der Waals surface area contributed by atoms with Crippen LogP contribution in [0.4, 0.5) is 4.39 Å². The summed E-state index contributed by atoms with van der Waals surface area (Å²) >= 11 is 0. The predicted molar refractivity (Wildman–Crippen MR) is 92.3 cm³/mol. The monoisotopic (exact) mass is 316 g/mol. The Hall–Kier alpha value is -1.87. The van der Waals surface area contributed by atoms with E-state index in [2.05, 4.69) is 20.8 Å². The van der Waals surface area contributed by atoms with Crippen LogP contribution in [0, 0.1) is 18.2 Å². The van der Waals surface area contributed by atoms with Gasteiger partial charge in [-0.2, -0.15) is 0 Å². The Labute approximate surface area is 138 Å². The van der Waals surface area contributed by atoms with Crippen molar-refractivity contribution in [1.29, 1.82) is 0 Å². The lowest BCUT2D eigenvalue weighted by molar-refractivity contribution is 0.0155. The minimum atomic E-state index is -0.247. The van der Waals surface area contributed by atoms with E-state index in [0.717, 1.165) is 22.4 Å². The van der Waals surface area contributed by atoms with Crippen LogP contribution < -0.4 is 4.74 Å². The van der Waals surface area contributed by atoms with Gasteiger partial charge in [0.1, 0.15) is 11.6 Å². The van der Waals surface area contributed by atoms with Gasteiger partial charge >= 0.3 is 0 Å². The van der Waals surface area contributed by atoms with Gasteiger partial charge in [0.2, 0.25) is 0 Å². The van der Waals surface area contributed by atoms with Crippen molar-refractivity contribution < 1.29 is 13.9 Å². The topological polar surface area (TPSA) is 18.5 Å². The first kappa shape index (κ1) is 17.5. The number of rotatable bonds is 4. The summed E-state index contributed by atoms with van der Waals surface area (Å²) in [5, 5.41) is 0. The molecule has 0 heterocycles. The molecular formula is C20H25FO2. The predicted octanol–water partition coefficient (Wildman–Crippen LogP) is 5.54. The minimum absolute atomic E-state index is 0.115. The quantitative estimate of drug-likeness (QED) is 0.737.